The van der Waals surface area contributed by atoms with E-state index in [0.717, 1.165) is 0 Å². The van der Waals surface area contributed by atoms with Crippen LogP contribution in [0.2, 0.25) is 0 Å². The van der Waals surface area contributed by atoms with Crippen LogP contribution in [0.25, 0.3) is 0 Å². The predicted octanol–water partition coefficient (Wildman–Crippen LogP) is -1.80. The van der Waals surface area contributed by atoms with Crippen LogP contribution in [-0.2, 0) is 4.74 Å². The van der Waals surface area contributed by atoms with E-state index < -0.39 is 17.5 Å². The van der Waals surface area contributed by atoms with E-state index in [0.29, 0.717) is 13.0 Å². The number of ether oxygens (including phenoxy) is 1. The second-order valence-electron chi connectivity index (χ2n) is 4.05. The molecule has 1 heterocycles. The molecule has 0 aromatic rings. The summed E-state index contributed by atoms with van der Waals surface area (Å²) >= 11 is 0. The molecule has 6 heteroatoms. The number of hydrogen-bond acceptors (Lipinski definition) is 6. The summed E-state index contributed by atoms with van der Waals surface area (Å²) in [6.45, 7) is 2.41. The van der Waals surface area contributed by atoms with Gasteiger partial charge in [-0.1, -0.05) is 0 Å². The van der Waals surface area contributed by atoms with Crippen LogP contribution in [0.4, 0.5) is 0 Å². The largest absolute Gasteiger partial charge is 0.394 e. The van der Waals surface area contributed by atoms with Crippen LogP contribution in [0.15, 0.2) is 0 Å². The molecule has 6 nitrogen and oxygen atoms in total. The highest BCUT2D eigenvalue weighted by Crippen LogP contribution is 2.24. The van der Waals surface area contributed by atoms with Gasteiger partial charge in [0.1, 0.15) is 11.7 Å². The third-order valence-corrected chi connectivity index (χ3v) is 1.89. The fourth-order valence-corrected chi connectivity index (χ4v) is 1.10. The van der Waals surface area contributed by atoms with Gasteiger partial charge < -0.3 is 30.3 Å². The van der Waals surface area contributed by atoms with Gasteiger partial charge in [0.2, 0.25) is 0 Å². The molecule has 0 aromatic carbocycles. The van der Waals surface area contributed by atoms with Gasteiger partial charge in [-0.05, 0) is 13.8 Å². The molecule has 1 saturated heterocycles. The van der Waals surface area contributed by atoms with Crippen molar-refractivity contribution in [2.45, 2.75) is 37.8 Å². The van der Waals surface area contributed by atoms with Crippen molar-refractivity contribution in [1.29, 1.82) is 0 Å². The Labute approximate surface area is 88.7 Å². The third-order valence-electron chi connectivity index (χ3n) is 1.89. The molecule has 1 aliphatic rings. The number of aliphatic hydroxyl groups is 5. The zero-order valence-electron chi connectivity index (χ0n) is 9.05. The maximum Gasteiger partial charge on any atom is 0.156 e. The average molecular weight is 224 g/mol. The van der Waals surface area contributed by atoms with E-state index in [1.165, 1.54) is 13.8 Å². The minimum atomic E-state index is -1.50. The highest BCUT2D eigenvalue weighted by Gasteiger charge is 2.41. The van der Waals surface area contributed by atoms with Gasteiger partial charge in [0.15, 0.2) is 5.79 Å². The van der Waals surface area contributed by atoms with Crippen molar-refractivity contribution in [3.63, 3.8) is 0 Å². The minimum absolute atomic E-state index is 0.239. The van der Waals surface area contributed by atoms with E-state index in [4.69, 9.17) is 25.2 Å². The molecule has 0 bridgehead atoms. The first kappa shape index (κ1) is 14.8. The lowest BCUT2D eigenvalue weighted by Gasteiger charge is -2.24. The van der Waals surface area contributed by atoms with Gasteiger partial charge in [0, 0.05) is 6.42 Å². The Morgan fingerprint density at radius 3 is 2.07 bits per heavy atom. The lowest BCUT2D eigenvalue weighted by atomic mass is 9.97. The van der Waals surface area contributed by atoms with Gasteiger partial charge in [0.25, 0.3) is 0 Å². The number of hydrogen-bond donors (Lipinski definition) is 5. The van der Waals surface area contributed by atoms with E-state index in [2.05, 4.69) is 0 Å². The molecule has 0 spiro atoms. The average Bonchev–Trinajstić information content (AvgIpc) is 2.45. The lowest BCUT2D eigenvalue weighted by molar-refractivity contribution is -0.127. The molecule has 0 amide bonds. The molecular formula is C9H20O6. The summed E-state index contributed by atoms with van der Waals surface area (Å²) in [5, 5.41) is 42.9. The fraction of sp³-hybridized carbons (Fsp3) is 1.00. The lowest BCUT2D eigenvalue weighted by Crippen LogP contribution is -2.43. The van der Waals surface area contributed by atoms with E-state index in [-0.39, 0.29) is 13.2 Å². The third kappa shape index (κ3) is 6.03. The number of rotatable bonds is 2. The molecule has 15 heavy (non-hydrogen) atoms. The normalized spacial score (nSPS) is 31.0. The molecule has 0 radical (unpaired) electrons. The van der Waals surface area contributed by atoms with Crippen molar-refractivity contribution in [3.05, 3.63) is 0 Å². The summed E-state index contributed by atoms with van der Waals surface area (Å²) in [6.07, 6.45) is -0.216. The monoisotopic (exact) mass is 224 g/mol. The first-order valence-electron chi connectivity index (χ1n) is 4.73. The SMILES string of the molecule is CC(C)(O)O.OCC1OCCC1(O)CO. The zero-order chi connectivity index (χ0) is 12.1. The van der Waals surface area contributed by atoms with Crippen LogP contribution in [0.5, 0.6) is 0 Å². The summed E-state index contributed by atoms with van der Waals surface area (Å²) in [5.41, 5.74) is -1.21. The summed E-state index contributed by atoms with van der Waals surface area (Å²) in [5.74, 6) is -1.50. The Bertz CT molecular complexity index is 172. The molecule has 2 atom stereocenters. The molecule has 1 rings (SSSR count). The van der Waals surface area contributed by atoms with Gasteiger partial charge in [-0.25, -0.2) is 0 Å². The van der Waals surface area contributed by atoms with Crippen LogP contribution in [-0.4, -0.2) is 62.8 Å². The molecule has 92 valence electrons. The van der Waals surface area contributed by atoms with Gasteiger partial charge in [-0.3, -0.25) is 0 Å². The smallest absolute Gasteiger partial charge is 0.156 e. The topological polar surface area (TPSA) is 110 Å². The van der Waals surface area contributed by atoms with Crippen LogP contribution in [0.3, 0.4) is 0 Å². The molecular weight excluding hydrogens is 204 g/mol. The van der Waals surface area contributed by atoms with Crippen molar-refractivity contribution >= 4 is 0 Å². The second-order valence-corrected chi connectivity index (χ2v) is 4.05. The highest BCUT2D eigenvalue weighted by molar-refractivity contribution is 4.91. The minimum Gasteiger partial charge on any atom is -0.394 e. The first-order chi connectivity index (χ1) is 6.73. The van der Waals surface area contributed by atoms with Gasteiger partial charge in [-0.15, -0.1) is 0 Å². The number of aliphatic hydroxyl groups excluding tert-OH is 2. The maximum absolute atomic E-state index is 9.42. The Kier molecular flexibility index (Phi) is 5.65. The fourth-order valence-electron chi connectivity index (χ4n) is 1.10. The highest BCUT2D eigenvalue weighted by atomic mass is 16.5. The maximum atomic E-state index is 9.42. The molecule has 1 aliphatic heterocycles. The van der Waals surface area contributed by atoms with Crippen molar-refractivity contribution < 1.29 is 30.3 Å². The van der Waals surface area contributed by atoms with E-state index >= 15 is 0 Å². The quantitative estimate of drug-likeness (QED) is 0.354. The van der Waals surface area contributed by atoms with Crippen LogP contribution >= 0.6 is 0 Å². The van der Waals surface area contributed by atoms with E-state index in [9.17, 15) is 5.11 Å². The van der Waals surface area contributed by atoms with Crippen molar-refractivity contribution in [2.24, 2.45) is 0 Å². The van der Waals surface area contributed by atoms with Crippen molar-refractivity contribution in [3.8, 4) is 0 Å². The summed E-state index contributed by atoms with van der Waals surface area (Å²) in [7, 11) is 0. The molecule has 1 fully saturated rings. The summed E-state index contributed by atoms with van der Waals surface area (Å²) in [4.78, 5) is 0. The summed E-state index contributed by atoms with van der Waals surface area (Å²) in [6, 6.07) is 0. The van der Waals surface area contributed by atoms with E-state index in [1.54, 1.807) is 0 Å². The molecule has 0 aliphatic carbocycles. The van der Waals surface area contributed by atoms with Crippen LogP contribution in [0, 0.1) is 0 Å². The Morgan fingerprint density at radius 2 is 1.80 bits per heavy atom. The molecule has 0 saturated carbocycles. The molecule has 5 N–H and O–H groups in total. The molecule has 2 unspecified atom stereocenters. The van der Waals surface area contributed by atoms with Gasteiger partial charge >= 0.3 is 0 Å². The Balaban J connectivity index is 0.000000336. The van der Waals surface area contributed by atoms with Crippen molar-refractivity contribution in [1.82, 2.24) is 0 Å². The van der Waals surface area contributed by atoms with Gasteiger partial charge in [-0.2, -0.15) is 0 Å². The second kappa shape index (κ2) is 5.74. The zero-order valence-corrected chi connectivity index (χ0v) is 9.05. The van der Waals surface area contributed by atoms with E-state index in [1.807, 2.05) is 0 Å². The van der Waals surface area contributed by atoms with Crippen LogP contribution in [0.1, 0.15) is 20.3 Å². The summed E-state index contributed by atoms with van der Waals surface area (Å²) < 4.78 is 4.95. The van der Waals surface area contributed by atoms with Crippen molar-refractivity contribution in [2.75, 3.05) is 19.8 Å². The van der Waals surface area contributed by atoms with Gasteiger partial charge in [0.05, 0.1) is 19.8 Å². The Morgan fingerprint density at radius 1 is 1.33 bits per heavy atom. The standard InChI is InChI=1S/C6H12O4.C3H8O2/c7-3-5-6(9,4-8)1-2-10-5;1-3(2,4)5/h5,7-9H,1-4H2;4-5H,1-2H3. The molecule has 0 aromatic heterocycles. The Hall–Kier alpha value is -0.240. The first-order valence-corrected chi connectivity index (χ1v) is 4.73. The predicted molar refractivity (Wildman–Crippen MR) is 52.0 cm³/mol. The van der Waals surface area contributed by atoms with Crippen LogP contribution < -0.4 is 0 Å².